The Hall–Kier alpha value is -2.74. The fourth-order valence-electron chi connectivity index (χ4n) is 3.80. The number of ether oxygens (including phenoxy) is 2. The van der Waals surface area contributed by atoms with Crippen LogP contribution in [0.2, 0.25) is 0 Å². The first-order chi connectivity index (χ1) is 13.8. The summed E-state index contributed by atoms with van der Waals surface area (Å²) in [5.74, 6) is 0.640. The molecule has 2 aromatic rings. The Kier molecular flexibility index (Phi) is 5.12. The standard InChI is InChI=1S/C21H24N2O5S/c1-14(16-7-6-15-4-3-5-17(15)10-16)22-21(24)12-23(29(2,25)26)18-8-9-19-20(11-18)28-13-27-19/h6-11,14H,3-5,12-13H2,1-2H3,(H,22,24). The fourth-order valence-corrected chi connectivity index (χ4v) is 4.65. The molecule has 0 saturated carbocycles. The molecule has 8 heteroatoms. The second kappa shape index (κ2) is 7.59. The number of sulfonamides is 1. The summed E-state index contributed by atoms with van der Waals surface area (Å²) in [6.07, 6.45) is 4.41. The SMILES string of the molecule is CC(NC(=O)CN(c1ccc2c(c1)OCO2)S(C)(=O)=O)c1ccc2c(c1)CCC2. The highest BCUT2D eigenvalue weighted by atomic mass is 32.2. The quantitative estimate of drug-likeness (QED) is 0.782. The minimum Gasteiger partial charge on any atom is -0.454 e. The van der Waals surface area contributed by atoms with Crippen LogP contribution in [0.5, 0.6) is 11.5 Å². The number of amides is 1. The van der Waals surface area contributed by atoms with Crippen LogP contribution in [0.4, 0.5) is 5.69 Å². The number of benzene rings is 2. The van der Waals surface area contributed by atoms with Crippen molar-refractivity contribution < 1.29 is 22.7 Å². The number of nitrogens with zero attached hydrogens (tertiary/aromatic N) is 1. The van der Waals surface area contributed by atoms with Gasteiger partial charge in [-0.25, -0.2) is 8.42 Å². The molecule has 0 saturated heterocycles. The zero-order chi connectivity index (χ0) is 20.6. The van der Waals surface area contributed by atoms with Crippen LogP contribution in [0.1, 0.15) is 36.1 Å². The maximum absolute atomic E-state index is 12.7. The molecular weight excluding hydrogens is 392 g/mol. The molecule has 0 spiro atoms. The van der Waals surface area contributed by atoms with Crippen molar-refractivity contribution in [2.45, 2.75) is 32.2 Å². The van der Waals surface area contributed by atoms with Crippen LogP contribution < -0.4 is 19.1 Å². The number of carbonyl (C=O) groups is 1. The highest BCUT2D eigenvalue weighted by Crippen LogP contribution is 2.36. The molecule has 1 heterocycles. The number of carbonyl (C=O) groups excluding carboxylic acids is 1. The van der Waals surface area contributed by atoms with Crippen molar-refractivity contribution in [3.05, 3.63) is 53.1 Å². The van der Waals surface area contributed by atoms with Gasteiger partial charge in [0.25, 0.3) is 0 Å². The highest BCUT2D eigenvalue weighted by Gasteiger charge is 2.24. The Morgan fingerprint density at radius 2 is 1.86 bits per heavy atom. The van der Waals surface area contributed by atoms with Gasteiger partial charge in [-0.05, 0) is 55.0 Å². The highest BCUT2D eigenvalue weighted by molar-refractivity contribution is 7.92. The van der Waals surface area contributed by atoms with Gasteiger partial charge in [0.05, 0.1) is 18.0 Å². The predicted octanol–water partition coefficient (Wildman–Crippen LogP) is 2.55. The Labute approximate surface area is 170 Å². The first-order valence-corrected chi connectivity index (χ1v) is 11.4. The van der Waals surface area contributed by atoms with E-state index in [0.717, 1.165) is 29.0 Å². The molecule has 4 rings (SSSR count). The fraction of sp³-hybridized carbons (Fsp3) is 0.381. The van der Waals surface area contributed by atoms with E-state index < -0.39 is 10.0 Å². The second-order valence-electron chi connectivity index (χ2n) is 7.48. The molecule has 0 fully saturated rings. The van der Waals surface area contributed by atoms with Gasteiger partial charge in [-0.2, -0.15) is 0 Å². The smallest absolute Gasteiger partial charge is 0.241 e. The topological polar surface area (TPSA) is 84.9 Å². The summed E-state index contributed by atoms with van der Waals surface area (Å²) < 4.78 is 36.3. The molecule has 0 aromatic heterocycles. The van der Waals surface area contributed by atoms with E-state index in [9.17, 15) is 13.2 Å². The molecule has 7 nitrogen and oxygen atoms in total. The van der Waals surface area contributed by atoms with Crippen LogP contribution >= 0.6 is 0 Å². The van der Waals surface area contributed by atoms with Gasteiger partial charge in [-0.3, -0.25) is 9.10 Å². The van der Waals surface area contributed by atoms with Crippen molar-refractivity contribution in [2.24, 2.45) is 0 Å². The molecule has 0 radical (unpaired) electrons. The first-order valence-electron chi connectivity index (χ1n) is 9.60. The van der Waals surface area contributed by atoms with Crippen LogP contribution in [0.3, 0.4) is 0 Å². The zero-order valence-corrected chi connectivity index (χ0v) is 17.3. The lowest BCUT2D eigenvalue weighted by Gasteiger charge is -2.23. The molecule has 0 bridgehead atoms. The number of anilines is 1. The molecule has 1 aliphatic heterocycles. The normalized spacial score (nSPS) is 15.7. The number of rotatable bonds is 6. The molecule has 2 aliphatic rings. The summed E-state index contributed by atoms with van der Waals surface area (Å²) in [5, 5.41) is 2.91. The third kappa shape index (κ3) is 4.17. The molecule has 1 atom stereocenters. The van der Waals surface area contributed by atoms with Crippen LogP contribution in [-0.2, 0) is 27.7 Å². The van der Waals surface area contributed by atoms with Crippen molar-refractivity contribution >= 4 is 21.6 Å². The summed E-state index contributed by atoms with van der Waals surface area (Å²) in [7, 11) is -3.66. The number of fused-ring (bicyclic) bond motifs is 2. The van der Waals surface area contributed by atoms with Gasteiger partial charge in [0, 0.05) is 6.07 Å². The van der Waals surface area contributed by atoms with Gasteiger partial charge >= 0.3 is 0 Å². The van der Waals surface area contributed by atoms with Crippen LogP contribution in [0.25, 0.3) is 0 Å². The van der Waals surface area contributed by atoms with E-state index in [1.807, 2.05) is 13.0 Å². The Bertz CT molecular complexity index is 1050. The number of nitrogens with one attached hydrogen (secondary N) is 1. The van der Waals surface area contributed by atoms with E-state index in [0.29, 0.717) is 17.2 Å². The maximum Gasteiger partial charge on any atom is 0.241 e. The first kappa shape index (κ1) is 19.6. The van der Waals surface area contributed by atoms with Gasteiger partial charge in [0.2, 0.25) is 22.7 Å². The number of aryl methyl sites for hydroxylation is 2. The molecule has 154 valence electrons. The average molecular weight is 416 g/mol. The van der Waals surface area contributed by atoms with Crippen LogP contribution in [-0.4, -0.2) is 33.9 Å². The molecule has 1 N–H and O–H groups in total. The lowest BCUT2D eigenvalue weighted by molar-refractivity contribution is -0.120. The minimum atomic E-state index is -3.66. The summed E-state index contributed by atoms with van der Waals surface area (Å²) in [5.41, 5.74) is 4.09. The van der Waals surface area contributed by atoms with Crippen molar-refractivity contribution in [3.8, 4) is 11.5 Å². The van der Waals surface area contributed by atoms with Gasteiger partial charge in [-0.1, -0.05) is 18.2 Å². The molecule has 2 aromatic carbocycles. The monoisotopic (exact) mass is 416 g/mol. The van der Waals surface area contributed by atoms with Crippen LogP contribution in [0, 0.1) is 0 Å². The number of hydrogen-bond donors (Lipinski definition) is 1. The van der Waals surface area contributed by atoms with E-state index in [1.54, 1.807) is 18.2 Å². The van der Waals surface area contributed by atoms with E-state index in [1.165, 1.54) is 17.5 Å². The summed E-state index contributed by atoms with van der Waals surface area (Å²) in [4.78, 5) is 12.7. The van der Waals surface area contributed by atoms with E-state index >= 15 is 0 Å². The van der Waals surface area contributed by atoms with Gasteiger partial charge in [0.15, 0.2) is 11.5 Å². The van der Waals surface area contributed by atoms with Gasteiger partial charge < -0.3 is 14.8 Å². The Morgan fingerprint density at radius 1 is 1.10 bits per heavy atom. The third-order valence-electron chi connectivity index (χ3n) is 5.33. The van der Waals surface area contributed by atoms with E-state index in [-0.39, 0.29) is 25.3 Å². The molecule has 29 heavy (non-hydrogen) atoms. The summed E-state index contributed by atoms with van der Waals surface area (Å²) in [6.45, 7) is 1.68. The van der Waals surface area contributed by atoms with E-state index in [2.05, 4.69) is 17.4 Å². The average Bonchev–Trinajstić information content (AvgIpc) is 3.32. The lowest BCUT2D eigenvalue weighted by atomic mass is 10.0. The van der Waals surface area contributed by atoms with Crippen molar-refractivity contribution in [1.29, 1.82) is 0 Å². The van der Waals surface area contributed by atoms with Crippen molar-refractivity contribution in [2.75, 3.05) is 23.9 Å². The molecule has 1 aliphatic carbocycles. The number of hydrogen-bond acceptors (Lipinski definition) is 5. The summed E-state index contributed by atoms with van der Waals surface area (Å²) in [6, 6.07) is 10.9. The summed E-state index contributed by atoms with van der Waals surface area (Å²) >= 11 is 0. The molecular formula is C21H24N2O5S. The molecule has 1 amide bonds. The molecule has 1 unspecified atom stereocenters. The minimum absolute atomic E-state index is 0.0937. The Balaban J connectivity index is 1.48. The van der Waals surface area contributed by atoms with Crippen LogP contribution in [0.15, 0.2) is 36.4 Å². The lowest BCUT2D eigenvalue weighted by Crippen LogP contribution is -2.41. The maximum atomic E-state index is 12.7. The second-order valence-corrected chi connectivity index (χ2v) is 9.38. The predicted molar refractivity (Wildman–Crippen MR) is 110 cm³/mol. The van der Waals surface area contributed by atoms with E-state index in [4.69, 9.17) is 9.47 Å². The third-order valence-corrected chi connectivity index (χ3v) is 6.47. The van der Waals surface area contributed by atoms with Crippen molar-refractivity contribution in [1.82, 2.24) is 5.32 Å². The van der Waals surface area contributed by atoms with Gasteiger partial charge in [0.1, 0.15) is 6.54 Å². The van der Waals surface area contributed by atoms with Gasteiger partial charge in [-0.15, -0.1) is 0 Å². The van der Waals surface area contributed by atoms with Crippen molar-refractivity contribution in [3.63, 3.8) is 0 Å². The Morgan fingerprint density at radius 3 is 2.66 bits per heavy atom. The zero-order valence-electron chi connectivity index (χ0n) is 16.5. The largest absolute Gasteiger partial charge is 0.454 e.